The lowest BCUT2D eigenvalue weighted by molar-refractivity contribution is 0.0849. The predicted molar refractivity (Wildman–Crippen MR) is 132 cm³/mol. The van der Waals surface area contributed by atoms with E-state index in [1.165, 1.54) is 116 Å². The summed E-state index contributed by atoms with van der Waals surface area (Å²) in [4.78, 5) is 0. The minimum absolute atomic E-state index is 0.747. The first kappa shape index (κ1) is 28.9. The first-order chi connectivity index (χ1) is 14.2. The Hall–Kier alpha value is -0.0800. The number of hydrogen-bond acceptors (Lipinski definition) is 2. The molecule has 0 radical (unpaired) electrons. The molecular weight excluding hydrogens is 354 g/mol. The van der Waals surface area contributed by atoms with E-state index in [9.17, 15) is 0 Å². The zero-order valence-corrected chi connectivity index (χ0v) is 20.7. The largest absolute Gasteiger partial charge is 0.381 e. The molecule has 0 aromatic rings. The first-order valence-electron chi connectivity index (χ1n) is 13.5. The molecule has 0 fully saturated rings. The Morgan fingerprint density at radius 2 is 1.10 bits per heavy atom. The van der Waals surface area contributed by atoms with Gasteiger partial charge < -0.3 is 10.5 Å². The highest BCUT2D eigenvalue weighted by Crippen LogP contribution is 2.24. The van der Waals surface area contributed by atoms with E-state index in [2.05, 4.69) is 20.8 Å². The van der Waals surface area contributed by atoms with E-state index >= 15 is 0 Å². The van der Waals surface area contributed by atoms with Gasteiger partial charge in [0.05, 0.1) is 0 Å². The maximum atomic E-state index is 5.96. The molecule has 176 valence electrons. The summed E-state index contributed by atoms with van der Waals surface area (Å²) in [6.07, 6.45) is 26.4. The van der Waals surface area contributed by atoms with E-state index in [1.807, 2.05) is 0 Å². The summed E-state index contributed by atoms with van der Waals surface area (Å²) in [6, 6.07) is 0. The van der Waals surface area contributed by atoms with Gasteiger partial charge in [0.25, 0.3) is 0 Å². The third kappa shape index (κ3) is 22.4. The summed E-state index contributed by atoms with van der Waals surface area (Å²) in [5.74, 6) is 1.61. The maximum absolute atomic E-state index is 5.96. The summed E-state index contributed by atoms with van der Waals surface area (Å²) < 4.78 is 5.96. The van der Waals surface area contributed by atoms with Crippen LogP contribution in [0.4, 0.5) is 0 Å². The minimum Gasteiger partial charge on any atom is -0.381 e. The third-order valence-electron chi connectivity index (χ3n) is 6.35. The van der Waals surface area contributed by atoms with Crippen molar-refractivity contribution in [2.24, 2.45) is 17.6 Å². The Morgan fingerprint density at radius 3 is 1.62 bits per heavy atom. The summed E-state index contributed by atoms with van der Waals surface area (Å²) >= 11 is 0. The average Bonchev–Trinajstić information content (AvgIpc) is 2.72. The molecule has 0 bridgehead atoms. The lowest BCUT2D eigenvalue weighted by atomic mass is 9.88. The van der Waals surface area contributed by atoms with Crippen molar-refractivity contribution < 1.29 is 4.74 Å². The molecule has 0 heterocycles. The Labute approximate surface area is 185 Å². The van der Waals surface area contributed by atoms with Crippen LogP contribution in [0.3, 0.4) is 0 Å². The highest BCUT2D eigenvalue weighted by atomic mass is 16.5. The van der Waals surface area contributed by atoms with Crippen LogP contribution < -0.4 is 5.73 Å². The highest BCUT2D eigenvalue weighted by molar-refractivity contribution is 4.65. The van der Waals surface area contributed by atoms with Crippen molar-refractivity contribution >= 4 is 0 Å². The lowest BCUT2D eigenvalue weighted by Gasteiger charge is -2.21. The van der Waals surface area contributed by atoms with Gasteiger partial charge in [-0.1, -0.05) is 124 Å². The van der Waals surface area contributed by atoms with Gasteiger partial charge in [-0.25, -0.2) is 0 Å². The molecule has 0 rings (SSSR count). The molecule has 0 amide bonds. The molecular formula is C27H57NO. The van der Waals surface area contributed by atoms with Gasteiger partial charge in [0.2, 0.25) is 0 Å². The summed E-state index contributed by atoms with van der Waals surface area (Å²) in [5, 5.41) is 0. The van der Waals surface area contributed by atoms with E-state index in [1.54, 1.807) is 0 Å². The van der Waals surface area contributed by atoms with Crippen LogP contribution in [0.25, 0.3) is 0 Å². The third-order valence-corrected chi connectivity index (χ3v) is 6.35. The number of ether oxygens (including phenoxy) is 1. The van der Waals surface area contributed by atoms with Crippen molar-refractivity contribution in [2.75, 3.05) is 19.8 Å². The van der Waals surface area contributed by atoms with Crippen molar-refractivity contribution in [2.45, 2.75) is 143 Å². The molecule has 0 aliphatic rings. The van der Waals surface area contributed by atoms with E-state index in [0.29, 0.717) is 0 Å². The van der Waals surface area contributed by atoms with Crippen LogP contribution in [0, 0.1) is 11.8 Å². The van der Waals surface area contributed by atoms with E-state index < -0.39 is 0 Å². The summed E-state index contributed by atoms with van der Waals surface area (Å²) in [6.45, 7) is 9.61. The molecule has 2 heteroatoms. The maximum Gasteiger partial charge on any atom is 0.0494 e. The molecule has 0 spiro atoms. The van der Waals surface area contributed by atoms with Crippen molar-refractivity contribution in [3.8, 4) is 0 Å². The minimum atomic E-state index is 0.747. The highest BCUT2D eigenvalue weighted by Gasteiger charge is 2.14. The monoisotopic (exact) mass is 411 g/mol. The molecule has 2 unspecified atom stereocenters. The smallest absolute Gasteiger partial charge is 0.0494 e. The second-order valence-corrected chi connectivity index (χ2v) is 9.60. The molecule has 0 saturated heterocycles. The van der Waals surface area contributed by atoms with Crippen LogP contribution in [0.1, 0.15) is 143 Å². The molecule has 29 heavy (non-hydrogen) atoms. The molecule has 2 atom stereocenters. The lowest BCUT2D eigenvalue weighted by Crippen LogP contribution is -2.15. The molecule has 0 aliphatic carbocycles. The van der Waals surface area contributed by atoms with Crippen LogP contribution in [-0.2, 0) is 4.74 Å². The Balaban J connectivity index is 3.89. The number of rotatable bonds is 24. The van der Waals surface area contributed by atoms with Gasteiger partial charge in [-0.05, 0) is 37.6 Å². The van der Waals surface area contributed by atoms with E-state index in [4.69, 9.17) is 10.5 Å². The predicted octanol–water partition coefficient (Wildman–Crippen LogP) is 8.67. The number of hydrogen-bond donors (Lipinski definition) is 1. The van der Waals surface area contributed by atoms with Crippen LogP contribution in [0.15, 0.2) is 0 Å². The Morgan fingerprint density at radius 1 is 0.621 bits per heavy atom. The van der Waals surface area contributed by atoms with Gasteiger partial charge >= 0.3 is 0 Å². The van der Waals surface area contributed by atoms with Gasteiger partial charge in [-0.3, -0.25) is 0 Å². The number of unbranched alkanes of at least 4 members (excludes halogenated alkanes) is 13. The molecule has 2 N–H and O–H groups in total. The molecule has 0 aromatic heterocycles. The molecule has 2 nitrogen and oxygen atoms in total. The fourth-order valence-corrected chi connectivity index (χ4v) is 4.41. The zero-order chi connectivity index (χ0) is 21.4. The normalized spacial score (nSPS) is 13.7. The van der Waals surface area contributed by atoms with Crippen molar-refractivity contribution in [1.29, 1.82) is 0 Å². The summed E-state index contributed by atoms with van der Waals surface area (Å²) in [7, 11) is 0. The van der Waals surface area contributed by atoms with Crippen molar-refractivity contribution in [3.63, 3.8) is 0 Å². The first-order valence-corrected chi connectivity index (χ1v) is 13.5. The number of nitrogens with two attached hydrogens (primary N) is 1. The van der Waals surface area contributed by atoms with Crippen LogP contribution >= 0.6 is 0 Å². The van der Waals surface area contributed by atoms with E-state index in [0.717, 1.165) is 38.0 Å². The second-order valence-electron chi connectivity index (χ2n) is 9.60. The van der Waals surface area contributed by atoms with Gasteiger partial charge in [-0.15, -0.1) is 0 Å². The summed E-state index contributed by atoms with van der Waals surface area (Å²) in [5.41, 5.74) is 5.61. The Kier molecular flexibility index (Phi) is 24.1. The van der Waals surface area contributed by atoms with Gasteiger partial charge in [0.1, 0.15) is 0 Å². The second kappa shape index (κ2) is 24.2. The van der Waals surface area contributed by atoms with Crippen LogP contribution in [0.2, 0.25) is 0 Å². The topological polar surface area (TPSA) is 35.2 Å². The van der Waals surface area contributed by atoms with E-state index in [-0.39, 0.29) is 0 Å². The fraction of sp³-hybridized carbons (Fsp3) is 1.00. The van der Waals surface area contributed by atoms with Gasteiger partial charge in [0, 0.05) is 13.2 Å². The SMILES string of the molecule is CCCCCCCCCCC(COCCCN)CC(C)CCCCCCCCC. The molecule has 0 aliphatic heterocycles. The van der Waals surface area contributed by atoms with Crippen LogP contribution in [-0.4, -0.2) is 19.8 Å². The van der Waals surface area contributed by atoms with Crippen molar-refractivity contribution in [3.05, 3.63) is 0 Å². The fourth-order valence-electron chi connectivity index (χ4n) is 4.41. The standard InChI is InChI=1S/C27H57NO/c1-4-6-8-10-12-14-16-18-21-27(25-29-23-19-22-28)24-26(3)20-17-15-13-11-9-7-5-2/h26-27H,4-25,28H2,1-3H3. The average molecular weight is 412 g/mol. The molecule has 0 aromatic carbocycles. The molecule has 0 saturated carbocycles. The van der Waals surface area contributed by atoms with Crippen LogP contribution in [0.5, 0.6) is 0 Å². The quantitative estimate of drug-likeness (QED) is 0.161. The Bertz CT molecular complexity index is 294. The van der Waals surface area contributed by atoms with Crippen molar-refractivity contribution in [1.82, 2.24) is 0 Å². The van der Waals surface area contributed by atoms with Gasteiger partial charge in [0.15, 0.2) is 0 Å². The van der Waals surface area contributed by atoms with Gasteiger partial charge in [-0.2, -0.15) is 0 Å². The zero-order valence-electron chi connectivity index (χ0n) is 20.7.